The topological polar surface area (TPSA) is 45.2 Å². The van der Waals surface area contributed by atoms with Gasteiger partial charge in [-0.25, -0.2) is 4.98 Å². The molecule has 1 aliphatic rings. The predicted molar refractivity (Wildman–Crippen MR) is 112 cm³/mol. The monoisotopic (exact) mass is 399 g/mol. The SMILES string of the molecule is CCN1CCc2nc(NC(=O)c3cc4sc5ccccc5c4s3)sc2C1. The second kappa shape index (κ2) is 6.42. The summed E-state index contributed by atoms with van der Waals surface area (Å²) in [5, 5.41) is 4.97. The van der Waals surface area contributed by atoms with E-state index < -0.39 is 0 Å². The number of carbonyl (C=O) groups is 1. The number of thiazole rings is 1. The average Bonchev–Trinajstić information content (AvgIpc) is 3.32. The number of amides is 1. The molecule has 132 valence electrons. The standard InChI is InChI=1S/C19H17N3OS3/c1-2-22-8-7-12-16(10-22)26-19(20-12)21-18(23)15-9-14-17(25-15)11-5-3-4-6-13(11)24-14/h3-6,9H,2,7-8,10H2,1H3,(H,20,21,23). The van der Waals surface area contributed by atoms with E-state index in [4.69, 9.17) is 0 Å². The Morgan fingerprint density at radius 3 is 3.00 bits per heavy atom. The van der Waals surface area contributed by atoms with E-state index >= 15 is 0 Å². The molecule has 7 heteroatoms. The molecular weight excluding hydrogens is 382 g/mol. The first-order valence-corrected chi connectivity index (χ1v) is 11.1. The van der Waals surface area contributed by atoms with Gasteiger partial charge in [0.15, 0.2) is 5.13 Å². The van der Waals surface area contributed by atoms with Crippen molar-refractivity contribution < 1.29 is 4.79 Å². The van der Waals surface area contributed by atoms with Gasteiger partial charge in [-0.05, 0) is 18.7 Å². The minimum atomic E-state index is -0.0547. The maximum absolute atomic E-state index is 12.7. The fourth-order valence-corrected chi connectivity index (χ4v) is 6.81. The summed E-state index contributed by atoms with van der Waals surface area (Å²) in [6.07, 6.45) is 0.969. The predicted octanol–water partition coefficient (Wildman–Crippen LogP) is 5.20. The molecule has 0 radical (unpaired) electrons. The minimum Gasteiger partial charge on any atom is -0.298 e. The zero-order valence-electron chi connectivity index (χ0n) is 14.2. The van der Waals surface area contributed by atoms with Crippen molar-refractivity contribution in [1.82, 2.24) is 9.88 Å². The van der Waals surface area contributed by atoms with Crippen molar-refractivity contribution in [2.24, 2.45) is 0 Å². The van der Waals surface area contributed by atoms with Crippen molar-refractivity contribution in [2.75, 3.05) is 18.4 Å². The first kappa shape index (κ1) is 16.4. The quantitative estimate of drug-likeness (QED) is 0.515. The second-order valence-electron chi connectivity index (χ2n) is 6.36. The van der Waals surface area contributed by atoms with Gasteiger partial charge in [-0.2, -0.15) is 0 Å². The van der Waals surface area contributed by atoms with Crippen molar-refractivity contribution in [3.05, 3.63) is 45.8 Å². The smallest absolute Gasteiger partial charge is 0.267 e. The number of thiophene rings is 2. The number of hydrogen-bond acceptors (Lipinski definition) is 6. The summed E-state index contributed by atoms with van der Waals surface area (Å²) in [5.74, 6) is -0.0547. The highest BCUT2D eigenvalue weighted by molar-refractivity contribution is 7.33. The van der Waals surface area contributed by atoms with Gasteiger partial charge < -0.3 is 0 Å². The van der Waals surface area contributed by atoms with Crippen LogP contribution in [-0.2, 0) is 13.0 Å². The largest absolute Gasteiger partial charge is 0.298 e. The minimum absolute atomic E-state index is 0.0547. The summed E-state index contributed by atoms with van der Waals surface area (Å²) in [6.45, 7) is 5.23. The number of benzene rings is 1. The van der Waals surface area contributed by atoms with Crippen LogP contribution in [0.25, 0.3) is 19.5 Å². The summed E-state index contributed by atoms with van der Waals surface area (Å²) in [7, 11) is 0. The van der Waals surface area contributed by atoms with Crippen molar-refractivity contribution in [3.8, 4) is 0 Å². The summed E-state index contributed by atoms with van der Waals surface area (Å²) in [6, 6.07) is 10.4. The van der Waals surface area contributed by atoms with E-state index in [-0.39, 0.29) is 5.91 Å². The van der Waals surface area contributed by atoms with E-state index in [1.807, 2.05) is 12.1 Å². The number of aromatic nitrogens is 1. The highest BCUT2D eigenvalue weighted by atomic mass is 32.1. The third kappa shape index (κ3) is 2.75. The summed E-state index contributed by atoms with van der Waals surface area (Å²) in [5.41, 5.74) is 1.15. The van der Waals surface area contributed by atoms with Crippen LogP contribution in [0.15, 0.2) is 30.3 Å². The number of anilines is 1. The van der Waals surface area contributed by atoms with E-state index in [0.717, 1.165) is 41.8 Å². The normalized spacial score (nSPS) is 14.8. The van der Waals surface area contributed by atoms with E-state index in [1.54, 1.807) is 34.0 Å². The Morgan fingerprint density at radius 1 is 1.23 bits per heavy atom. The van der Waals surface area contributed by atoms with Gasteiger partial charge in [0.2, 0.25) is 0 Å². The van der Waals surface area contributed by atoms with Crippen LogP contribution in [-0.4, -0.2) is 28.9 Å². The van der Waals surface area contributed by atoms with Gasteiger partial charge in [0.05, 0.1) is 15.3 Å². The summed E-state index contributed by atoms with van der Waals surface area (Å²) >= 11 is 4.92. The van der Waals surface area contributed by atoms with Gasteiger partial charge >= 0.3 is 0 Å². The third-order valence-electron chi connectivity index (χ3n) is 4.75. The molecular formula is C19H17N3OS3. The molecule has 0 unspecified atom stereocenters. The molecule has 1 amide bonds. The van der Waals surface area contributed by atoms with Gasteiger partial charge in [-0.3, -0.25) is 15.0 Å². The van der Waals surface area contributed by atoms with Crippen LogP contribution in [0, 0.1) is 0 Å². The van der Waals surface area contributed by atoms with Crippen molar-refractivity contribution >= 4 is 64.5 Å². The molecule has 4 nitrogen and oxygen atoms in total. The second-order valence-corrected chi connectivity index (χ2v) is 9.58. The van der Waals surface area contributed by atoms with Crippen molar-refractivity contribution in [3.63, 3.8) is 0 Å². The molecule has 1 aliphatic heterocycles. The highest BCUT2D eigenvalue weighted by Gasteiger charge is 2.21. The Hall–Kier alpha value is -1.80. The van der Waals surface area contributed by atoms with Gasteiger partial charge in [0.25, 0.3) is 5.91 Å². The Balaban J connectivity index is 1.40. The molecule has 3 aromatic heterocycles. The Kier molecular flexibility index (Phi) is 4.04. The molecule has 0 saturated carbocycles. The molecule has 0 bridgehead atoms. The highest BCUT2D eigenvalue weighted by Crippen LogP contribution is 2.39. The number of fused-ring (bicyclic) bond motifs is 4. The molecule has 0 atom stereocenters. The maximum Gasteiger partial charge on any atom is 0.267 e. The molecule has 1 aromatic carbocycles. The van der Waals surface area contributed by atoms with Crippen LogP contribution in [0.3, 0.4) is 0 Å². The lowest BCUT2D eigenvalue weighted by Crippen LogP contribution is -2.29. The number of nitrogens with one attached hydrogen (secondary N) is 1. The molecule has 5 rings (SSSR count). The number of rotatable bonds is 3. The number of hydrogen-bond donors (Lipinski definition) is 1. The summed E-state index contributed by atoms with van der Waals surface area (Å²) in [4.78, 5) is 21.8. The van der Waals surface area contributed by atoms with Crippen LogP contribution in [0.4, 0.5) is 5.13 Å². The first-order chi connectivity index (χ1) is 12.7. The lowest BCUT2D eigenvalue weighted by atomic mass is 10.2. The first-order valence-electron chi connectivity index (χ1n) is 8.64. The van der Waals surface area contributed by atoms with Crippen molar-refractivity contribution in [1.29, 1.82) is 0 Å². The lowest BCUT2D eigenvalue weighted by molar-refractivity contribution is 0.103. The maximum atomic E-state index is 12.7. The van der Waals surface area contributed by atoms with Gasteiger partial charge in [-0.1, -0.05) is 25.1 Å². The molecule has 4 aromatic rings. The molecule has 0 aliphatic carbocycles. The molecule has 4 heterocycles. The lowest BCUT2D eigenvalue weighted by Gasteiger charge is -2.23. The van der Waals surface area contributed by atoms with Crippen LogP contribution in [0.5, 0.6) is 0 Å². The summed E-state index contributed by atoms with van der Waals surface area (Å²) < 4.78 is 3.65. The number of carbonyl (C=O) groups excluding carboxylic acids is 1. The molecule has 0 saturated heterocycles. The van der Waals surface area contributed by atoms with Gasteiger partial charge in [0, 0.05) is 39.2 Å². The van der Waals surface area contributed by atoms with Crippen LogP contribution in [0.2, 0.25) is 0 Å². The molecule has 1 N–H and O–H groups in total. The molecule has 0 fully saturated rings. The Morgan fingerprint density at radius 2 is 2.12 bits per heavy atom. The van der Waals surface area contributed by atoms with Crippen LogP contribution in [0.1, 0.15) is 27.2 Å². The Labute approximate surface area is 163 Å². The number of likely N-dealkylation sites (N-methyl/N-ethyl adjacent to an activating group) is 1. The third-order valence-corrected chi connectivity index (χ3v) is 8.16. The van der Waals surface area contributed by atoms with Crippen molar-refractivity contribution in [2.45, 2.75) is 19.9 Å². The molecule has 26 heavy (non-hydrogen) atoms. The fraction of sp³-hybridized carbons (Fsp3) is 0.263. The van der Waals surface area contributed by atoms with Crippen LogP contribution < -0.4 is 5.32 Å². The number of nitrogens with zero attached hydrogens (tertiary/aromatic N) is 2. The zero-order chi connectivity index (χ0) is 17.7. The average molecular weight is 400 g/mol. The van der Waals surface area contributed by atoms with Gasteiger partial charge in [-0.15, -0.1) is 34.0 Å². The van der Waals surface area contributed by atoms with E-state index in [2.05, 4.69) is 40.3 Å². The molecule has 0 spiro atoms. The fourth-order valence-electron chi connectivity index (χ4n) is 3.34. The Bertz CT molecular complexity index is 1120. The zero-order valence-corrected chi connectivity index (χ0v) is 16.7. The van der Waals surface area contributed by atoms with Crippen LogP contribution >= 0.6 is 34.0 Å². The van der Waals surface area contributed by atoms with Gasteiger partial charge in [0.1, 0.15) is 0 Å². The van der Waals surface area contributed by atoms with E-state index in [1.165, 1.54) is 24.4 Å². The van der Waals surface area contributed by atoms with E-state index in [0.29, 0.717) is 0 Å². The van der Waals surface area contributed by atoms with E-state index in [9.17, 15) is 4.79 Å².